The van der Waals surface area contributed by atoms with Crippen LogP contribution in [0, 0.1) is 5.82 Å². The normalized spacial score (nSPS) is 14.1. The highest BCUT2D eigenvalue weighted by Gasteiger charge is 2.31. The van der Waals surface area contributed by atoms with E-state index in [-0.39, 0.29) is 5.56 Å². The molecule has 0 amide bonds. The Labute approximate surface area is 78.5 Å². The van der Waals surface area contributed by atoms with Crippen molar-refractivity contribution in [1.82, 2.24) is 0 Å². The Morgan fingerprint density at radius 3 is 2.21 bits per heavy atom. The van der Waals surface area contributed by atoms with Crippen LogP contribution in [-0.4, -0.2) is 0 Å². The van der Waals surface area contributed by atoms with E-state index in [1.165, 1.54) is 6.92 Å². The third-order valence-electron chi connectivity index (χ3n) is 1.82. The van der Waals surface area contributed by atoms with Gasteiger partial charge >= 0.3 is 6.18 Å². The lowest BCUT2D eigenvalue weighted by molar-refractivity contribution is -0.137. The largest absolute Gasteiger partial charge is 0.416 e. The molecule has 0 unspecified atom stereocenters. The fourth-order valence-electron chi connectivity index (χ4n) is 1.07. The van der Waals surface area contributed by atoms with Gasteiger partial charge in [0.15, 0.2) is 0 Å². The second-order valence-corrected chi connectivity index (χ2v) is 3.02. The molecule has 0 aliphatic carbocycles. The van der Waals surface area contributed by atoms with Gasteiger partial charge in [-0.1, -0.05) is 6.07 Å². The summed E-state index contributed by atoms with van der Waals surface area (Å²) in [5.41, 5.74) is 4.43. The van der Waals surface area contributed by atoms with Gasteiger partial charge in [-0.15, -0.1) is 0 Å². The highest BCUT2D eigenvalue weighted by molar-refractivity contribution is 5.27. The summed E-state index contributed by atoms with van der Waals surface area (Å²) in [7, 11) is 0. The van der Waals surface area contributed by atoms with Gasteiger partial charge in [0.05, 0.1) is 5.56 Å². The molecule has 1 aromatic rings. The van der Waals surface area contributed by atoms with E-state index in [2.05, 4.69) is 0 Å². The number of alkyl halides is 3. The summed E-state index contributed by atoms with van der Waals surface area (Å²) in [6.07, 6.45) is -4.52. The molecule has 0 bridgehead atoms. The van der Waals surface area contributed by atoms with Crippen LogP contribution < -0.4 is 5.73 Å². The lowest BCUT2D eigenvalue weighted by Gasteiger charge is -2.10. The molecule has 1 rings (SSSR count). The molecule has 0 radical (unpaired) electrons. The number of hydrogen-bond donors (Lipinski definition) is 1. The van der Waals surface area contributed by atoms with E-state index >= 15 is 0 Å². The van der Waals surface area contributed by atoms with Crippen molar-refractivity contribution in [3.05, 3.63) is 35.1 Å². The van der Waals surface area contributed by atoms with Gasteiger partial charge in [0.2, 0.25) is 0 Å². The summed E-state index contributed by atoms with van der Waals surface area (Å²) in [6, 6.07) is 1.72. The first-order valence-electron chi connectivity index (χ1n) is 3.94. The van der Waals surface area contributed by atoms with Gasteiger partial charge in [-0.05, 0) is 19.1 Å². The minimum absolute atomic E-state index is 0.0815. The monoisotopic (exact) mass is 207 g/mol. The number of benzene rings is 1. The van der Waals surface area contributed by atoms with Crippen molar-refractivity contribution in [2.75, 3.05) is 0 Å². The molecule has 0 saturated heterocycles. The summed E-state index contributed by atoms with van der Waals surface area (Å²) in [6.45, 7) is 1.51. The first-order chi connectivity index (χ1) is 6.32. The zero-order valence-electron chi connectivity index (χ0n) is 7.40. The van der Waals surface area contributed by atoms with Crippen LogP contribution >= 0.6 is 0 Å². The Kier molecular flexibility index (Phi) is 2.80. The molecule has 0 aromatic heterocycles. The molecule has 5 heteroatoms. The van der Waals surface area contributed by atoms with Gasteiger partial charge in [-0.25, -0.2) is 4.39 Å². The fourth-order valence-corrected chi connectivity index (χ4v) is 1.07. The second kappa shape index (κ2) is 3.57. The first kappa shape index (κ1) is 11.0. The number of rotatable bonds is 1. The maximum atomic E-state index is 13.1. The van der Waals surface area contributed by atoms with Crippen LogP contribution in [0.15, 0.2) is 18.2 Å². The summed E-state index contributed by atoms with van der Waals surface area (Å²) in [5, 5.41) is 0. The maximum Gasteiger partial charge on any atom is 0.416 e. The van der Waals surface area contributed by atoms with Gasteiger partial charge in [0.1, 0.15) is 5.82 Å². The van der Waals surface area contributed by atoms with Gasteiger partial charge in [0.25, 0.3) is 0 Å². The van der Waals surface area contributed by atoms with Gasteiger partial charge < -0.3 is 5.73 Å². The van der Waals surface area contributed by atoms with E-state index < -0.39 is 23.6 Å². The molecule has 78 valence electrons. The SMILES string of the molecule is C[C@@H](N)c1ccc(C(F)(F)F)cc1F. The smallest absolute Gasteiger partial charge is 0.324 e. The topological polar surface area (TPSA) is 26.0 Å². The Morgan fingerprint density at radius 2 is 1.86 bits per heavy atom. The van der Waals surface area contributed by atoms with Crippen molar-refractivity contribution in [2.45, 2.75) is 19.1 Å². The molecule has 1 atom stereocenters. The Hall–Kier alpha value is -1.10. The standard InChI is InChI=1S/C9H9F4N/c1-5(14)7-3-2-6(4-8(7)10)9(11,12)13/h2-5H,14H2,1H3/t5-/m1/s1. The number of halogens is 4. The second-order valence-electron chi connectivity index (χ2n) is 3.02. The van der Waals surface area contributed by atoms with Crippen LogP contribution in [0.4, 0.5) is 17.6 Å². The number of hydrogen-bond acceptors (Lipinski definition) is 1. The van der Waals surface area contributed by atoms with E-state index in [1.54, 1.807) is 0 Å². The third-order valence-corrected chi connectivity index (χ3v) is 1.82. The van der Waals surface area contributed by atoms with Gasteiger partial charge in [-0.3, -0.25) is 0 Å². The molecule has 0 saturated carbocycles. The van der Waals surface area contributed by atoms with E-state index in [0.717, 1.165) is 12.1 Å². The first-order valence-corrected chi connectivity index (χ1v) is 3.94. The van der Waals surface area contributed by atoms with Crippen LogP contribution in [0.2, 0.25) is 0 Å². The molecule has 0 fully saturated rings. The molecule has 1 nitrogen and oxygen atoms in total. The molecule has 0 heterocycles. The van der Waals surface area contributed by atoms with Gasteiger partial charge in [-0.2, -0.15) is 13.2 Å². The van der Waals surface area contributed by atoms with Crippen LogP contribution in [0.3, 0.4) is 0 Å². The van der Waals surface area contributed by atoms with Crippen molar-refractivity contribution >= 4 is 0 Å². The Bertz CT molecular complexity index is 330. The van der Waals surface area contributed by atoms with E-state index in [9.17, 15) is 17.6 Å². The zero-order valence-corrected chi connectivity index (χ0v) is 7.40. The van der Waals surface area contributed by atoms with Gasteiger partial charge in [0, 0.05) is 11.6 Å². The molecule has 2 N–H and O–H groups in total. The summed E-state index contributed by atoms with van der Waals surface area (Å²) < 4.78 is 49.4. The van der Waals surface area contributed by atoms with Crippen molar-refractivity contribution in [1.29, 1.82) is 0 Å². The molecule has 0 spiro atoms. The van der Waals surface area contributed by atoms with Crippen LogP contribution in [0.5, 0.6) is 0 Å². The van der Waals surface area contributed by atoms with Crippen LogP contribution in [-0.2, 0) is 6.18 Å². The molecule has 14 heavy (non-hydrogen) atoms. The van der Waals surface area contributed by atoms with Crippen molar-refractivity contribution in [2.24, 2.45) is 5.73 Å². The molecule has 0 aliphatic heterocycles. The predicted molar refractivity (Wildman–Crippen MR) is 44.0 cm³/mol. The predicted octanol–water partition coefficient (Wildman–Crippen LogP) is 2.86. The molecular formula is C9H9F4N. The number of nitrogens with two attached hydrogens (primary N) is 1. The molecular weight excluding hydrogens is 198 g/mol. The van der Waals surface area contributed by atoms with Crippen LogP contribution in [0.1, 0.15) is 24.1 Å². The maximum absolute atomic E-state index is 13.1. The fraction of sp³-hybridized carbons (Fsp3) is 0.333. The van der Waals surface area contributed by atoms with Crippen LogP contribution in [0.25, 0.3) is 0 Å². The summed E-state index contributed by atoms with van der Waals surface area (Å²) in [4.78, 5) is 0. The average Bonchev–Trinajstić information content (AvgIpc) is 2.01. The van der Waals surface area contributed by atoms with E-state index in [0.29, 0.717) is 6.07 Å². The molecule has 1 aromatic carbocycles. The quantitative estimate of drug-likeness (QED) is 0.704. The van der Waals surface area contributed by atoms with Crippen molar-refractivity contribution in [3.8, 4) is 0 Å². The molecule has 0 aliphatic rings. The van der Waals surface area contributed by atoms with Crippen molar-refractivity contribution in [3.63, 3.8) is 0 Å². The lowest BCUT2D eigenvalue weighted by atomic mass is 10.1. The Balaban J connectivity index is 3.13. The minimum atomic E-state index is -4.52. The average molecular weight is 207 g/mol. The highest BCUT2D eigenvalue weighted by atomic mass is 19.4. The van der Waals surface area contributed by atoms with Crippen molar-refractivity contribution < 1.29 is 17.6 Å². The third kappa shape index (κ3) is 2.23. The zero-order chi connectivity index (χ0) is 10.9. The lowest BCUT2D eigenvalue weighted by Crippen LogP contribution is -2.10. The highest BCUT2D eigenvalue weighted by Crippen LogP contribution is 2.30. The van der Waals surface area contributed by atoms with E-state index in [4.69, 9.17) is 5.73 Å². The summed E-state index contributed by atoms with van der Waals surface area (Å²) in [5.74, 6) is -0.921. The summed E-state index contributed by atoms with van der Waals surface area (Å²) >= 11 is 0. The minimum Gasteiger partial charge on any atom is -0.324 e. The Morgan fingerprint density at radius 1 is 1.29 bits per heavy atom. The van der Waals surface area contributed by atoms with E-state index in [1.807, 2.05) is 0 Å².